The molecule has 0 saturated heterocycles. The van der Waals surface area contributed by atoms with Crippen LogP contribution in [0.1, 0.15) is 26.3 Å². The molecule has 0 amide bonds. The van der Waals surface area contributed by atoms with E-state index in [0.29, 0.717) is 0 Å². The van der Waals surface area contributed by atoms with Gasteiger partial charge in [-0.2, -0.15) is 0 Å². The Labute approximate surface area is 177 Å². The van der Waals surface area contributed by atoms with Crippen molar-refractivity contribution in [1.29, 1.82) is 0 Å². The fraction of sp³-hybridized carbons (Fsp3) is 0.143. The summed E-state index contributed by atoms with van der Waals surface area (Å²) in [4.78, 5) is 2.32. The monoisotopic (exact) mass is 391 g/mol. The lowest BCUT2D eigenvalue weighted by molar-refractivity contribution is 0.590. The van der Waals surface area contributed by atoms with E-state index < -0.39 is 0 Å². The van der Waals surface area contributed by atoms with Crippen LogP contribution in [-0.4, -0.2) is 0 Å². The van der Waals surface area contributed by atoms with E-state index in [0.717, 1.165) is 39.0 Å². The quantitative estimate of drug-likeness (QED) is 0.307. The Morgan fingerprint density at radius 2 is 1.23 bits per heavy atom. The van der Waals surface area contributed by atoms with Crippen molar-refractivity contribution in [2.24, 2.45) is 0 Å². The van der Waals surface area contributed by atoms with Gasteiger partial charge in [0.2, 0.25) is 0 Å². The molecule has 0 radical (unpaired) electrons. The summed E-state index contributed by atoms with van der Waals surface area (Å²) in [6.07, 6.45) is 0. The third-order valence-corrected chi connectivity index (χ3v) is 5.63. The number of hydrogen-bond donors (Lipinski definition) is 0. The molecular weight excluding hydrogens is 366 g/mol. The van der Waals surface area contributed by atoms with Crippen molar-refractivity contribution in [2.75, 3.05) is 4.90 Å². The van der Waals surface area contributed by atoms with E-state index >= 15 is 0 Å². The predicted molar refractivity (Wildman–Crippen MR) is 127 cm³/mol. The van der Waals surface area contributed by atoms with Gasteiger partial charge in [-0.15, -0.1) is 0 Å². The SMILES string of the molecule is CC(C)(C)c1ccc(N(c2ccccc2)c2cccc3oc4ccccc4c23)cc1. The lowest BCUT2D eigenvalue weighted by Gasteiger charge is -2.27. The van der Waals surface area contributed by atoms with Crippen LogP contribution in [0, 0.1) is 0 Å². The predicted octanol–water partition coefficient (Wildman–Crippen LogP) is 8.35. The fourth-order valence-electron chi connectivity index (χ4n) is 4.06. The van der Waals surface area contributed by atoms with Crippen LogP contribution in [0.4, 0.5) is 17.1 Å². The first kappa shape index (κ1) is 18.5. The maximum absolute atomic E-state index is 6.15. The first-order valence-electron chi connectivity index (χ1n) is 10.4. The molecule has 5 rings (SSSR count). The van der Waals surface area contributed by atoms with Crippen molar-refractivity contribution >= 4 is 39.0 Å². The van der Waals surface area contributed by atoms with Gasteiger partial charge in [-0.3, -0.25) is 0 Å². The first-order valence-corrected chi connectivity index (χ1v) is 10.4. The zero-order valence-electron chi connectivity index (χ0n) is 17.6. The van der Waals surface area contributed by atoms with Gasteiger partial charge in [-0.1, -0.05) is 75.4 Å². The molecule has 4 aromatic carbocycles. The minimum absolute atomic E-state index is 0.122. The standard InChI is InChI=1S/C28H25NO/c1-28(2,3)20-16-18-22(19-17-20)29(21-10-5-4-6-11-21)24-13-9-15-26-27(24)23-12-7-8-14-25(23)30-26/h4-19H,1-3H3. The normalized spacial score (nSPS) is 11.8. The van der Waals surface area contributed by atoms with Gasteiger partial charge in [0.05, 0.1) is 11.1 Å². The summed E-state index contributed by atoms with van der Waals surface area (Å²) in [5.41, 5.74) is 6.64. The molecule has 0 aliphatic carbocycles. The molecule has 2 nitrogen and oxygen atoms in total. The van der Waals surface area contributed by atoms with Crippen LogP contribution in [0.25, 0.3) is 21.9 Å². The molecule has 148 valence electrons. The summed E-state index contributed by atoms with van der Waals surface area (Å²) < 4.78 is 6.15. The molecule has 0 aliphatic heterocycles. The lowest BCUT2D eigenvalue weighted by atomic mass is 9.87. The number of benzene rings is 4. The smallest absolute Gasteiger partial charge is 0.137 e. The van der Waals surface area contributed by atoms with E-state index in [-0.39, 0.29) is 5.41 Å². The van der Waals surface area contributed by atoms with Crippen molar-refractivity contribution in [3.63, 3.8) is 0 Å². The lowest BCUT2D eigenvalue weighted by Crippen LogP contribution is -2.13. The molecule has 2 heteroatoms. The Morgan fingerprint density at radius 3 is 1.97 bits per heavy atom. The van der Waals surface area contributed by atoms with Crippen molar-refractivity contribution in [3.8, 4) is 0 Å². The average molecular weight is 392 g/mol. The van der Waals surface area contributed by atoms with Gasteiger partial charge in [0.15, 0.2) is 0 Å². The topological polar surface area (TPSA) is 16.4 Å². The third kappa shape index (κ3) is 3.15. The highest BCUT2D eigenvalue weighted by Crippen LogP contribution is 2.42. The molecular formula is C28H25NO. The van der Waals surface area contributed by atoms with Crippen molar-refractivity contribution < 1.29 is 4.42 Å². The molecule has 0 spiro atoms. The molecule has 0 unspecified atom stereocenters. The number of furan rings is 1. The fourth-order valence-corrected chi connectivity index (χ4v) is 4.06. The zero-order valence-corrected chi connectivity index (χ0v) is 17.6. The molecule has 0 aliphatic rings. The maximum atomic E-state index is 6.15. The van der Waals surface area contributed by atoms with Gasteiger partial charge in [0, 0.05) is 16.8 Å². The highest BCUT2D eigenvalue weighted by molar-refractivity contribution is 6.13. The number of anilines is 3. The van der Waals surface area contributed by atoms with E-state index in [1.807, 2.05) is 18.2 Å². The molecule has 0 atom stereocenters. The summed E-state index contributed by atoms with van der Waals surface area (Å²) in [7, 11) is 0. The Balaban J connectivity index is 1.76. The second kappa shape index (κ2) is 7.07. The number of para-hydroxylation sites is 2. The summed E-state index contributed by atoms with van der Waals surface area (Å²) in [6, 6.07) is 34.0. The first-order chi connectivity index (χ1) is 14.5. The van der Waals surface area contributed by atoms with Crippen molar-refractivity contribution in [2.45, 2.75) is 26.2 Å². The molecule has 1 heterocycles. The Hall–Kier alpha value is -3.52. The van der Waals surface area contributed by atoms with E-state index in [1.54, 1.807) is 0 Å². The molecule has 1 aromatic heterocycles. The third-order valence-electron chi connectivity index (χ3n) is 5.63. The number of nitrogens with zero attached hydrogens (tertiary/aromatic N) is 1. The van der Waals surface area contributed by atoms with Crippen LogP contribution < -0.4 is 4.90 Å². The van der Waals surface area contributed by atoms with Crippen LogP contribution in [0.2, 0.25) is 0 Å². The van der Waals surface area contributed by atoms with E-state index in [1.165, 1.54) is 5.56 Å². The minimum Gasteiger partial charge on any atom is -0.456 e. The van der Waals surface area contributed by atoms with E-state index in [9.17, 15) is 0 Å². The highest BCUT2D eigenvalue weighted by atomic mass is 16.3. The Bertz CT molecular complexity index is 1310. The van der Waals surface area contributed by atoms with Crippen molar-refractivity contribution in [3.05, 3.63) is 103 Å². The van der Waals surface area contributed by atoms with Crippen LogP contribution in [0.15, 0.2) is 101 Å². The maximum Gasteiger partial charge on any atom is 0.137 e. The van der Waals surface area contributed by atoms with E-state index in [4.69, 9.17) is 4.42 Å². The summed E-state index contributed by atoms with van der Waals surface area (Å²) in [5.74, 6) is 0. The van der Waals surface area contributed by atoms with Crippen LogP contribution in [0.3, 0.4) is 0 Å². The minimum atomic E-state index is 0.122. The van der Waals surface area contributed by atoms with Gasteiger partial charge in [-0.25, -0.2) is 0 Å². The van der Waals surface area contributed by atoms with Crippen LogP contribution >= 0.6 is 0 Å². The van der Waals surface area contributed by atoms with Gasteiger partial charge >= 0.3 is 0 Å². The van der Waals surface area contributed by atoms with Gasteiger partial charge in [0.25, 0.3) is 0 Å². The van der Waals surface area contributed by atoms with Crippen LogP contribution in [-0.2, 0) is 5.41 Å². The zero-order chi connectivity index (χ0) is 20.7. The molecule has 5 aromatic rings. The second-order valence-corrected chi connectivity index (χ2v) is 8.72. The number of hydrogen-bond acceptors (Lipinski definition) is 2. The average Bonchev–Trinajstić information content (AvgIpc) is 3.14. The van der Waals surface area contributed by atoms with Gasteiger partial charge in [0.1, 0.15) is 11.2 Å². The molecule has 0 bridgehead atoms. The second-order valence-electron chi connectivity index (χ2n) is 8.72. The molecule has 0 saturated carbocycles. The highest BCUT2D eigenvalue weighted by Gasteiger charge is 2.20. The van der Waals surface area contributed by atoms with Crippen molar-refractivity contribution in [1.82, 2.24) is 0 Å². The van der Waals surface area contributed by atoms with E-state index in [2.05, 4.69) is 105 Å². The van der Waals surface area contributed by atoms with Crippen LogP contribution in [0.5, 0.6) is 0 Å². The van der Waals surface area contributed by atoms with Gasteiger partial charge < -0.3 is 9.32 Å². The summed E-state index contributed by atoms with van der Waals surface area (Å²) in [5, 5.41) is 2.27. The van der Waals surface area contributed by atoms with Gasteiger partial charge in [-0.05, 0) is 53.4 Å². The molecule has 30 heavy (non-hydrogen) atoms. The summed E-state index contributed by atoms with van der Waals surface area (Å²) >= 11 is 0. The number of fused-ring (bicyclic) bond motifs is 3. The summed E-state index contributed by atoms with van der Waals surface area (Å²) in [6.45, 7) is 6.74. The molecule has 0 N–H and O–H groups in total. The largest absolute Gasteiger partial charge is 0.456 e. The Morgan fingerprint density at radius 1 is 0.600 bits per heavy atom. The number of rotatable bonds is 3. The molecule has 0 fully saturated rings. The Kier molecular flexibility index (Phi) is 4.36.